The van der Waals surface area contributed by atoms with E-state index in [1.165, 1.54) is 5.69 Å². The fraction of sp³-hybridized carbons (Fsp3) is 0.125. The minimum Gasteiger partial charge on any atom is -0.361 e. The van der Waals surface area contributed by atoms with Gasteiger partial charge in [0.25, 0.3) is 0 Å². The summed E-state index contributed by atoms with van der Waals surface area (Å²) in [5.74, 6) is 0. The van der Waals surface area contributed by atoms with Gasteiger partial charge in [-0.3, -0.25) is 0 Å². The Morgan fingerprint density at radius 1 is 1.00 bits per heavy atom. The normalized spacial score (nSPS) is 13.5. The van der Waals surface area contributed by atoms with E-state index >= 15 is 0 Å². The molecule has 2 heterocycles. The molecular formula is C16H13ClN4. The first-order chi connectivity index (χ1) is 10.3. The smallest absolute Gasteiger partial charge is 0.0839 e. The Labute approximate surface area is 127 Å². The molecule has 21 heavy (non-hydrogen) atoms. The molecule has 1 aromatic heterocycles. The summed E-state index contributed by atoms with van der Waals surface area (Å²) in [6.45, 7) is 1.56. The van der Waals surface area contributed by atoms with E-state index < -0.39 is 0 Å². The molecule has 0 saturated carbocycles. The molecule has 0 fully saturated rings. The number of anilines is 1. The molecule has 0 aliphatic carbocycles. The minimum atomic E-state index is 0.741. The van der Waals surface area contributed by atoms with Crippen LogP contribution < -0.4 is 4.90 Å². The summed E-state index contributed by atoms with van der Waals surface area (Å²) in [4.78, 5) is 2.30. The van der Waals surface area contributed by atoms with Gasteiger partial charge < -0.3 is 4.90 Å². The van der Waals surface area contributed by atoms with Gasteiger partial charge in [0, 0.05) is 17.3 Å². The van der Waals surface area contributed by atoms with Crippen molar-refractivity contribution in [3.05, 3.63) is 71.0 Å². The Morgan fingerprint density at radius 2 is 1.86 bits per heavy atom. The molecule has 1 aliphatic rings. The topological polar surface area (TPSA) is 34.0 Å². The van der Waals surface area contributed by atoms with Crippen LogP contribution in [0.15, 0.2) is 54.7 Å². The summed E-state index contributed by atoms with van der Waals surface area (Å²) >= 11 is 6.16. The number of hydrogen-bond donors (Lipinski definition) is 0. The van der Waals surface area contributed by atoms with E-state index in [0.717, 1.165) is 35.1 Å². The standard InChI is InChI=1S/C16H13ClN4/c17-13-6-7-16-12(8-13)10-20(14-4-2-1-3-5-14)11-15-9-18-19-21(15)16/h1-9H,10-11H2. The lowest BCUT2D eigenvalue weighted by atomic mass is 10.1. The molecule has 0 atom stereocenters. The summed E-state index contributed by atoms with van der Waals surface area (Å²) in [6.07, 6.45) is 1.82. The van der Waals surface area contributed by atoms with Crippen LogP contribution >= 0.6 is 11.6 Å². The van der Waals surface area contributed by atoms with Crippen LogP contribution in [0.4, 0.5) is 5.69 Å². The SMILES string of the molecule is Clc1ccc2c(c1)CN(c1ccccc1)Cc1cnnn1-2. The first-order valence-electron chi connectivity index (χ1n) is 6.79. The second kappa shape index (κ2) is 4.90. The lowest BCUT2D eigenvalue weighted by Gasteiger charge is -2.22. The summed E-state index contributed by atoms with van der Waals surface area (Å²) in [7, 11) is 0. The Bertz CT molecular complexity index is 782. The predicted octanol–water partition coefficient (Wildman–Crippen LogP) is 3.44. The molecule has 0 saturated heterocycles. The van der Waals surface area contributed by atoms with Crippen LogP contribution in [0.3, 0.4) is 0 Å². The van der Waals surface area contributed by atoms with E-state index in [0.29, 0.717) is 0 Å². The average Bonchev–Trinajstić information content (AvgIpc) is 2.90. The van der Waals surface area contributed by atoms with E-state index in [1.54, 1.807) is 0 Å². The van der Waals surface area contributed by atoms with Crippen molar-refractivity contribution in [2.24, 2.45) is 0 Å². The number of nitrogens with zero attached hydrogens (tertiary/aromatic N) is 4. The van der Waals surface area contributed by atoms with Gasteiger partial charge in [0.2, 0.25) is 0 Å². The Morgan fingerprint density at radius 3 is 2.71 bits per heavy atom. The predicted molar refractivity (Wildman–Crippen MR) is 82.7 cm³/mol. The van der Waals surface area contributed by atoms with E-state index in [9.17, 15) is 0 Å². The molecule has 0 spiro atoms. The number of halogens is 1. The third-order valence-electron chi connectivity index (χ3n) is 3.73. The zero-order valence-corrected chi connectivity index (χ0v) is 12.0. The van der Waals surface area contributed by atoms with Crippen LogP contribution in [-0.2, 0) is 13.1 Å². The van der Waals surface area contributed by atoms with Crippen LogP contribution in [0.5, 0.6) is 0 Å². The Hall–Kier alpha value is -2.33. The largest absolute Gasteiger partial charge is 0.361 e. The summed E-state index contributed by atoms with van der Waals surface area (Å²) in [6, 6.07) is 16.3. The van der Waals surface area contributed by atoms with Gasteiger partial charge in [-0.15, -0.1) is 5.10 Å². The quantitative estimate of drug-likeness (QED) is 0.690. The van der Waals surface area contributed by atoms with Crippen molar-refractivity contribution in [3.8, 4) is 5.69 Å². The molecule has 2 aromatic carbocycles. The summed E-state index contributed by atoms with van der Waals surface area (Å²) in [5, 5.41) is 9.00. The van der Waals surface area contributed by atoms with E-state index in [2.05, 4.69) is 39.5 Å². The third kappa shape index (κ3) is 2.17. The van der Waals surface area contributed by atoms with Gasteiger partial charge in [-0.25, -0.2) is 4.68 Å². The van der Waals surface area contributed by atoms with Crippen molar-refractivity contribution >= 4 is 17.3 Å². The first-order valence-corrected chi connectivity index (χ1v) is 7.17. The maximum Gasteiger partial charge on any atom is 0.0839 e. The molecule has 0 amide bonds. The molecule has 0 N–H and O–H groups in total. The minimum absolute atomic E-state index is 0.741. The zero-order valence-electron chi connectivity index (χ0n) is 11.3. The molecule has 1 aliphatic heterocycles. The van der Waals surface area contributed by atoms with Gasteiger partial charge in [-0.05, 0) is 35.9 Å². The maximum absolute atomic E-state index is 6.16. The van der Waals surface area contributed by atoms with E-state index in [4.69, 9.17) is 11.6 Å². The van der Waals surface area contributed by atoms with Gasteiger partial charge in [0.05, 0.1) is 24.1 Å². The van der Waals surface area contributed by atoms with Crippen molar-refractivity contribution < 1.29 is 0 Å². The first kappa shape index (κ1) is 12.4. The third-order valence-corrected chi connectivity index (χ3v) is 3.96. The van der Waals surface area contributed by atoms with Crippen molar-refractivity contribution in [3.63, 3.8) is 0 Å². The number of para-hydroxylation sites is 1. The van der Waals surface area contributed by atoms with Crippen molar-refractivity contribution in [2.75, 3.05) is 4.90 Å². The molecular weight excluding hydrogens is 284 g/mol. The second-order valence-electron chi connectivity index (χ2n) is 5.10. The van der Waals surface area contributed by atoms with Crippen LogP contribution in [0, 0.1) is 0 Å². The Kier molecular flexibility index (Phi) is 2.89. The van der Waals surface area contributed by atoms with Gasteiger partial charge in [-0.1, -0.05) is 35.0 Å². The maximum atomic E-state index is 6.16. The van der Waals surface area contributed by atoms with Gasteiger partial charge in [0.1, 0.15) is 0 Å². The van der Waals surface area contributed by atoms with Crippen LogP contribution in [0.25, 0.3) is 5.69 Å². The van der Waals surface area contributed by atoms with Gasteiger partial charge in [-0.2, -0.15) is 0 Å². The molecule has 104 valence electrons. The van der Waals surface area contributed by atoms with Crippen LogP contribution in [-0.4, -0.2) is 15.0 Å². The molecule has 0 radical (unpaired) electrons. The number of rotatable bonds is 1. The Balaban J connectivity index is 1.86. The molecule has 0 unspecified atom stereocenters. The fourth-order valence-corrected chi connectivity index (χ4v) is 2.93. The fourth-order valence-electron chi connectivity index (χ4n) is 2.73. The summed E-state index contributed by atoms with van der Waals surface area (Å²) < 4.78 is 1.90. The summed E-state index contributed by atoms with van der Waals surface area (Å²) in [5.41, 5.74) is 4.44. The van der Waals surface area contributed by atoms with E-state index in [-0.39, 0.29) is 0 Å². The molecule has 4 nitrogen and oxygen atoms in total. The second-order valence-corrected chi connectivity index (χ2v) is 5.54. The number of benzene rings is 2. The van der Waals surface area contributed by atoms with Crippen molar-refractivity contribution in [2.45, 2.75) is 13.1 Å². The van der Waals surface area contributed by atoms with Crippen LogP contribution in [0.1, 0.15) is 11.3 Å². The number of fused-ring (bicyclic) bond motifs is 3. The lowest BCUT2D eigenvalue weighted by Crippen LogP contribution is -2.20. The number of aromatic nitrogens is 3. The van der Waals surface area contributed by atoms with Crippen molar-refractivity contribution in [1.29, 1.82) is 0 Å². The number of hydrogen-bond acceptors (Lipinski definition) is 3. The highest BCUT2D eigenvalue weighted by Crippen LogP contribution is 2.28. The lowest BCUT2D eigenvalue weighted by molar-refractivity contribution is 0.754. The highest BCUT2D eigenvalue weighted by molar-refractivity contribution is 6.30. The molecule has 4 rings (SSSR count). The highest BCUT2D eigenvalue weighted by Gasteiger charge is 2.20. The van der Waals surface area contributed by atoms with Crippen molar-refractivity contribution in [1.82, 2.24) is 15.0 Å². The molecule has 0 bridgehead atoms. The highest BCUT2D eigenvalue weighted by atomic mass is 35.5. The molecule has 3 aromatic rings. The van der Waals surface area contributed by atoms with Gasteiger partial charge >= 0.3 is 0 Å². The monoisotopic (exact) mass is 296 g/mol. The zero-order chi connectivity index (χ0) is 14.2. The van der Waals surface area contributed by atoms with Gasteiger partial charge in [0.15, 0.2) is 0 Å². The average molecular weight is 297 g/mol. The van der Waals surface area contributed by atoms with E-state index in [1.807, 2.05) is 35.1 Å². The molecule has 5 heteroatoms. The van der Waals surface area contributed by atoms with Crippen LogP contribution in [0.2, 0.25) is 5.02 Å².